The Morgan fingerprint density at radius 2 is 1.24 bits per heavy atom. The highest BCUT2D eigenvalue weighted by Crippen LogP contribution is 2.07. The van der Waals surface area contributed by atoms with Crippen LogP contribution in [0.4, 0.5) is 4.79 Å². The first kappa shape index (κ1) is 31.1. The summed E-state index contributed by atoms with van der Waals surface area (Å²) < 4.78 is 9.86. The van der Waals surface area contributed by atoms with E-state index in [2.05, 4.69) is 21.6 Å². The third kappa shape index (κ3) is 15.0. The van der Waals surface area contributed by atoms with Crippen LogP contribution in [0.15, 0.2) is 0 Å². The minimum atomic E-state index is -1.05. The molecule has 0 aliphatic heterocycles. The number of hydrogen-bond donors (Lipinski definition) is 4. The molecule has 0 aliphatic carbocycles. The zero-order chi connectivity index (χ0) is 26.5. The van der Waals surface area contributed by atoms with Crippen LogP contribution in [-0.4, -0.2) is 66.3 Å². The van der Waals surface area contributed by atoms with Gasteiger partial charge in [-0.15, -0.1) is 0 Å². The number of carbonyl (C=O) groups is 5. The predicted molar refractivity (Wildman–Crippen MR) is 120 cm³/mol. The van der Waals surface area contributed by atoms with Gasteiger partial charge in [0, 0.05) is 24.9 Å². The number of rotatable bonds is 13. The lowest BCUT2D eigenvalue weighted by molar-refractivity contribution is -0.164. The first-order valence-corrected chi connectivity index (χ1v) is 11.0. The summed E-state index contributed by atoms with van der Waals surface area (Å²) in [6, 6.07) is -1.12. The molecule has 0 radical (unpaired) electrons. The van der Waals surface area contributed by atoms with Crippen LogP contribution in [0.1, 0.15) is 68.2 Å². The lowest BCUT2D eigenvalue weighted by Gasteiger charge is -2.22. The summed E-state index contributed by atoms with van der Waals surface area (Å²) in [7, 11) is 0. The molecular formula is C21H38N4O9. The fourth-order valence-electron chi connectivity index (χ4n) is 2.28. The van der Waals surface area contributed by atoms with E-state index in [0.717, 1.165) is 0 Å². The molecule has 0 aromatic carbocycles. The Morgan fingerprint density at radius 1 is 0.765 bits per heavy atom. The van der Waals surface area contributed by atoms with Crippen molar-refractivity contribution in [3.05, 3.63) is 0 Å². The zero-order valence-corrected chi connectivity index (χ0v) is 21.1. The first-order valence-electron chi connectivity index (χ1n) is 11.0. The molecule has 0 unspecified atom stereocenters. The maximum Gasteiger partial charge on any atom is 0.407 e. The van der Waals surface area contributed by atoms with E-state index in [1.54, 1.807) is 41.5 Å². The Bertz CT molecular complexity index is 709. The number of esters is 1. The molecule has 0 saturated heterocycles. The average Bonchev–Trinajstić information content (AvgIpc) is 2.68. The van der Waals surface area contributed by atoms with Gasteiger partial charge in [0.15, 0.2) is 12.2 Å². The summed E-state index contributed by atoms with van der Waals surface area (Å²) in [5.41, 5.74) is 3.61. The number of nitrogens with one attached hydrogen (secondary N) is 4. The summed E-state index contributed by atoms with van der Waals surface area (Å²) in [5.74, 6) is -2.30. The fraction of sp³-hybridized carbons (Fsp3) is 0.762. The molecular weight excluding hydrogens is 452 g/mol. The Balaban J connectivity index is 4.27. The molecule has 196 valence electrons. The van der Waals surface area contributed by atoms with E-state index in [4.69, 9.17) is 19.1 Å². The van der Waals surface area contributed by atoms with Crippen molar-refractivity contribution >= 4 is 29.8 Å². The van der Waals surface area contributed by atoms with Crippen molar-refractivity contribution in [2.45, 2.75) is 98.1 Å². The van der Waals surface area contributed by atoms with Gasteiger partial charge in [0.2, 0.25) is 11.8 Å². The van der Waals surface area contributed by atoms with Crippen LogP contribution in [0, 0.1) is 0 Å². The highest BCUT2D eigenvalue weighted by atomic mass is 16.7. The molecule has 4 N–H and O–H groups in total. The monoisotopic (exact) mass is 490 g/mol. The van der Waals surface area contributed by atoms with Crippen LogP contribution in [0.2, 0.25) is 0 Å². The van der Waals surface area contributed by atoms with Crippen LogP contribution < -0.4 is 21.6 Å². The molecule has 4 amide bonds. The van der Waals surface area contributed by atoms with Crippen molar-refractivity contribution in [1.29, 1.82) is 0 Å². The maximum atomic E-state index is 12.2. The molecule has 0 aliphatic rings. The highest BCUT2D eigenvalue weighted by molar-refractivity contribution is 5.82. The van der Waals surface area contributed by atoms with Crippen molar-refractivity contribution in [3.8, 4) is 0 Å². The molecule has 0 bridgehead atoms. The summed E-state index contributed by atoms with van der Waals surface area (Å²) in [6.45, 7) is 13.0. The van der Waals surface area contributed by atoms with E-state index in [0.29, 0.717) is 0 Å². The molecule has 0 saturated carbocycles. The van der Waals surface area contributed by atoms with Crippen LogP contribution >= 0.6 is 0 Å². The zero-order valence-electron chi connectivity index (χ0n) is 21.1. The van der Waals surface area contributed by atoms with Gasteiger partial charge in [-0.25, -0.2) is 20.5 Å². The first-order chi connectivity index (χ1) is 15.6. The lowest BCUT2D eigenvalue weighted by Crippen LogP contribution is -2.45. The van der Waals surface area contributed by atoms with Gasteiger partial charge in [0.1, 0.15) is 5.60 Å². The molecule has 0 aromatic heterocycles. The summed E-state index contributed by atoms with van der Waals surface area (Å²) in [6.07, 6.45) is -2.92. The fourth-order valence-corrected chi connectivity index (χ4v) is 2.28. The summed E-state index contributed by atoms with van der Waals surface area (Å²) >= 11 is 0. The summed E-state index contributed by atoms with van der Waals surface area (Å²) in [5, 5.41) is 5.08. The molecule has 4 atom stereocenters. The number of hydrogen-bond acceptors (Lipinski definition) is 9. The van der Waals surface area contributed by atoms with Gasteiger partial charge in [-0.3, -0.25) is 24.1 Å². The Kier molecular flexibility index (Phi) is 13.8. The van der Waals surface area contributed by atoms with Crippen molar-refractivity contribution in [1.82, 2.24) is 21.6 Å². The van der Waals surface area contributed by atoms with Crippen LogP contribution in [0.25, 0.3) is 0 Å². The van der Waals surface area contributed by atoms with Crippen molar-refractivity contribution in [2.24, 2.45) is 0 Å². The van der Waals surface area contributed by atoms with Gasteiger partial charge in [0.25, 0.3) is 5.91 Å². The van der Waals surface area contributed by atoms with E-state index in [9.17, 15) is 24.0 Å². The van der Waals surface area contributed by atoms with Gasteiger partial charge in [-0.1, -0.05) is 0 Å². The molecule has 0 aromatic rings. The standard InChI is InChI=1S/C21H38N4O9/c1-9-31-19(29)15(5)34-25-16(26)10-12(2)22-18(28)14(4)33-24-17(27)11-13(3)23-20(30)32-21(6,7)8/h12-15H,9-11H2,1-8H3,(H,22,28)(H,23,30)(H,24,27)(H,25,26)/t12-,13-,14-,15-/m1/s1. The Morgan fingerprint density at radius 3 is 1.71 bits per heavy atom. The van der Waals surface area contributed by atoms with Crippen LogP contribution in [0.5, 0.6) is 0 Å². The topological polar surface area (TPSA) is 170 Å². The van der Waals surface area contributed by atoms with Crippen LogP contribution in [0.3, 0.4) is 0 Å². The van der Waals surface area contributed by atoms with Gasteiger partial charge >= 0.3 is 12.1 Å². The number of alkyl carbamates (subject to hydrolysis) is 1. The van der Waals surface area contributed by atoms with Gasteiger partial charge in [-0.05, 0) is 55.4 Å². The van der Waals surface area contributed by atoms with Crippen molar-refractivity contribution in [2.75, 3.05) is 6.61 Å². The third-order valence-corrected chi connectivity index (χ3v) is 3.82. The molecule has 13 heteroatoms. The summed E-state index contributed by atoms with van der Waals surface area (Å²) in [4.78, 5) is 69.2. The van der Waals surface area contributed by atoms with Crippen molar-refractivity contribution in [3.63, 3.8) is 0 Å². The lowest BCUT2D eigenvalue weighted by atomic mass is 10.2. The number of hydroxylamine groups is 2. The van der Waals surface area contributed by atoms with E-state index in [1.807, 2.05) is 0 Å². The van der Waals surface area contributed by atoms with Crippen LogP contribution in [-0.2, 0) is 38.3 Å². The molecule has 0 heterocycles. The molecule has 0 fully saturated rings. The number of carbonyl (C=O) groups excluding carboxylic acids is 5. The number of amides is 4. The largest absolute Gasteiger partial charge is 0.464 e. The minimum Gasteiger partial charge on any atom is -0.464 e. The quantitative estimate of drug-likeness (QED) is 0.213. The van der Waals surface area contributed by atoms with Gasteiger partial charge < -0.3 is 20.1 Å². The van der Waals surface area contributed by atoms with Gasteiger partial charge in [-0.2, -0.15) is 0 Å². The van der Waals surface area contributed by atoms with E-state index >= 15 is 0 Å². The molecule has 13 nitrogen and oxygen atoms in total. The normalized spacial score (nSPS) is 14.6. The molecule has 0 rings (SSSR count). The smallest absolute Gasteiger partial charge is 0.407 e. The van der Waals surface area contributed by atoms with Crippen molar-refractivity contribution < 1.29 is 43.1 Å². The molecule has 34 heavy (non-hydrogen) atoms. The van der Waals surface area contributed by atoms with E-state index < -0.39 is 59.7 Å². The van der Waals surface area contributed by atoms with E-state index in [1.165, 1.54) is 13.8 Å². The van der Waals surface area contributed by atoms with E-state index in [-0.39, 0.29) is 19.4 Å². The highest BCUT2D eigenvalue weighted by Gasteiger charge is 2.22. The molecule has 0 spiro atoms. The Hall–Kier alpha value is -2.93. The average molecular weight is 491 g/mol. The third-order valence-electron chi connectivity index (χ3n) is 3.82. The minimum absolute atomic E-state index is 0.103. The SMILES string of the molecule is CCOC(=O)[C@@H](C)ONC(=O)C[C@@H](C)NC(=O)[C@@H](C)ONC(=O)C[C@@H](C)NC(=O)OC(C)(C)C. The second kappa shape index (κ2) is 15.1. The predicted octanol–water partition coefficient (Wildman–Crippen LogP) is 0.620. The number of ether oxygens (including phenoxy) is 2. The second-order valence-corrected chi connectivity index (χ2v) is 8.69. The van der Waals surface area contributed by atoms with Gasteiger partial charge in [0.05, 0.1) is 6.61 Å². The second-order valence-electron chi connectivity index (χ2n) is 8.69. The maximum absolute atomic E-state index is 12.2. The Labute approximate surface area is 199 Å².